The molecule has 0 bridgehead atoms. The standard InChI is InChI=1S/C22H16ClFN4O2/c23-15-5-8-19(26-13-15)22-12-18-17(2-1-9-25-18)21(30)28(22)11-10-27(22)20(29)14-3-6-16(24)7-4-14/h1-9,13H,10-12H2. The molecule has 4 heterocycles. The molecule has 2 aromatic heterocycles. The summed E-state index contributed by atoms with van der Waals surface area (Å²) < 4.78 is 13.4. The fourth-order valence-corrected chi connectivity index (χ4v) is 4.44. The van der Waals surface area contributed by atoms with Gasteiger partial charge in [0.25, 0.3) is 11.8 Å². The van der Waals surface area contributed by atoms with Gasteiger partial charge >= 0.3 is 0 Å². The Morgan fingerprint density at radius 2 is 1.87 bits per heavy atom. The van der Waals surface area contributed by atoms with Crippen molar-refractivity contribution in [3.8, 4) is 0 Å². The van der Waals surface area contributed by atoms with E-state index in [2.05, 4.69) is 9.97 Å². The summed E-state index contributed by atoms with van der Waals surface area (Å²) in [5.41, 5.74) is 0.872. The largest absolute Gasteiger partial charge is 0.308 e. The van der Waals surface area contributed by atoms with Crippen molar-refractivity contribution >= 4 is 23.4 Å². The average Bonchev–Trinajstić information content (AvgIpc) is 3.15. The molecule has 0 radical (unpaired) electrons. The first-order chi connectivity index (χ1) is 14.5. The van der Waals surface area contributed by atoms with Crippen molar-refractivity contribution in [2.45, 2.75) is 12.1 Å². The first kappa shape index (κ1) is 18.7. The number of carbonyl (C=O) groups is 2. The minimum Gasteiger partial charge on any atom is -0.308 e. The molecule has 1 fully saturated rings. The molecule has 0 N–H and O–H groups in total. The fourth-order valence-electron chi connectivity index (χ4n) is 4.33. The maximum absolute atomic E-state index is 13.5. The van der Waals surface area contributed by atoms with Crippen LogP contribution in [0.3, 0.4) is 0 Å². The van der Waals surface area contributed by atoms with Crippen LogP contribution in [0, 0.1) is 5.82 Å². The zero-order valence-corrected chi connectivity index (χ0v) is 16.5. The molecule has 1 atom stereocenters. The molecule has 2 amide bonds. The van der Waals surface area contributed by atoms with Crippen molar-refractivity contribution in [1.82, 2.24) is 19.8 Å². The number of rotatable bonds is 2. The van der Waals surface area contributed by atoms with E-state index < -0.39 is 11.5 Å². The molecule has 6 nitrogen and oxygen atoms in total. The molecule has 1 unspecified atom stereocenters. The average molecular weight is 423 g/mol. The summed E-state index contributed by atoms with van der Waals surface area (Å²) >= 11 is 6.04. The van der Waals surface area contributed by atoms with Gasteiger partial charge in [0.05, 0.1) is 22.0 Å². The van der Waals surface area contributed by atoms with Gasteiger partial charge < -0.3 is 9.80 Å². The lowest BCUT2D eigenvalue weighted by Gasteiger charge is -2.46. The number of hydrogen-bond acceptors (Lipinski definition) is 4. The van der Waals surface area contributed by atoms with E-state index in [4.69, 9.17) is 11.6 Å². The van der Waals surface area contributed by atoms with Crippen LogP contribution < -0.4 is 0 Å². The van der Waals surface area contributed by atoms with E-state index in [9.17, 15) is 14.0 Å². The van der Waals surface area contributed by atoms with Gasteiger partial charge in [-0.05, 0) is 48.5 Å². The van der Waals surface area contributed by atoms with Crippen molar-refractivity contribution in [3.63, 3.8) is 0 Å². The van der Waals surface area contributed by atoms with Gasteiger partial charge in [0, 0.05) is 37.5 Å². The van der Waals surface area contributed by atoms with Crippen LogP contribution in [-0.2, 0) is 12.1 Å². The number of nitrogens with zero attached hydrogens (tertiary/aromatic N) is 4. The van der Waals surface area contributed by atoms with Crippen LogP contribution in [0.25, 0.3) is 0 Å². The van der Waals surface area contributed by atoms with Gasteiger partial charge in [0.2, 0.25) is 0 Å². The molecular formula is C22H16ClFN4O2. The van der Waals surface area contributed by atoms with Crippen molar-refractivity contribution in [2.24, 2.45) is 0 Å². The molecule has 0 spiro atoms. The topological polar surface area (TPSA) is 66.4 Å². The predicted molar refractivity (Wildman–Crippen MR) is 107 cm³/mol. The summed E-state index contributed by atoms with van der Waals surface area (Å²) in [6.07, 6.45) is 3.43. The normalized spacial score (nSPS) is 20.1. The number of aromatic nitrogens is 2. The quantitative estimate of drug-likeness (QED) is 0.635. The van der Waals surface area contributed by atoms with Crippen molar-refractivity contribution < 1.29 is 14.0 Å². The third-order valence-corrected chi connectivity index (χ3v) is 5.92. The smallest absolute Gasteiger partial charge is 0.257 e. The van der Waals surface area contributed by atoms with Gasteiger partial charge in [0.15, 0.2) is 5.66 Å². The molecule has 30 heavy (non-hydrogen) atoms. The number of benzene rings is 1. The lowest BCUT2D eigenvalue weighted by Crippen LogP contribution is -2.59. The van der Waals surface area contributed by atoms with Gasteiger partial charge in [-0.25, -0.2) is 4.39 Å². The Bertz CT molecular complexity index is 1150. The van der Waals surface area contributed by atoms with E-state index in [0.717, 1.165) is 0 Å². The van der Waals surface area contributed by atoms with Gasteiger partial charge in [-0.1, -0.05) is 11.6 Å². The van der Waals surface area contributed by atoms with E-state index in [1.54, 1.807) is 40.3 Å². The first-order valence-electron chi connectivity index (χ1n) is 9.46. The number of carbonyl (C=O) groups excluding carboxylic acids is 2. The van der Waals surface area contributed by atoms with Crippen LogP contribution in [0.1, 0.15) is 32.1 Å². The Labute approximate surface area is 176 Å². The molecule has 1 saturated heterocycles. The summed E-state index contributed by atoms with van der Waals surface area (Å²) in [7, 11) is 0. The number of fused-ring (bicyclic) bond motifs is 2. The van der Waals surface area contributed by atoms with Crippen LogP contribution in [-0.4, -0.2) is 44.7 Å². The Hall–Kier alpha value is -3.32. The second-order valence-electron chi connectivity index (χ2n) is 7.27. The lowest BCUT2D eigenvalue weighted by atomic mass is 9.88. The Kier molecular flexibility index (Phi) is 4.29. The monoisotopic (exact) mass is 422 g/mol. The zero-order valence-electron chi connectivity index (χ0n) is 15.8. The molecule has 3 aromatic rings. The Morgan fingerprint density at radius 3 is 2.60 bits per heavy atom. The molecule has 0 saturated carbocycles. The van der Waals surface area contributed by atoms with Crippen LogP contribution in [0.15, 0.2) is 60.9 Å². The Morgan fingerprint density at radius 1 is 1.07 bits per heavy atom. The van der Waals surface area contributed by atoms with E-state index in [1.165, 1.54) is 30.5 Å². The molecule has 8 heteroatoms. The number of amides is 2. The summed E-state index contributed by atoms with van der Waals surface area (Å²) in [6, 6.07) is 12.3. The third-order valence-electron chi connectivity index (χ3n) is 5.69. The van der Waals surface area contributed by atoms with Crippen molar-refractivity contribution in [1.29, 1.82) is 0 Å². The van der Waals surface area contributed by atoms with E-state index >= 15 is 0 Å². The van der Waals surface area contributed by atoms with Gasteiger partial charge in [-0.2, -0.15) is 0 Å². The minimum absolute atomic E-state index is 0.199. The molecule has 2 aliphatic heterocycles. The van der Waals surface area contributed by atoms with Crippen LogP contribution in [0.2, 0.25) is 5.02 Å². The SMILES string of the molecule is O=C(c1ccc(F)cc1)N1CCN2C(=O)c3cccnc3CC12c1ccc(Cl)cn1. The first-order valence-corrected chi connectivity index (χ1v) is 9.84. The fraction of sp³-hybridized carbons (Fsp3) is 0.182. The number of halogens is 2. The molecular weight excluding hydrogens is 407 g/mol. The van der Waals surface area contributed by atoms with Crippen molar-refractivity contribution in [3.05, 3.63) is 94.3 Å². The molecule has 2 aliphatic rings. The van der Waals surface area contributed by atoms with E-state index in [0.29, 0.717) is 47.0 Å². The maximum atomic E-state index is 13.5. The Balaban J connectivity index is 1.68. The highest BCUT2D eigenvalue weighted by molar-refractivity contribution is 6.30. The highest BCUT2D eigenvalue weighted by atomic mass is 35.5. The number of hydrogen-bond donors (Lipinski definition) is 0. The van der Waals surface area contributed by atoms with Crippen molar-refractivity contribution in [2.75, 3.05) is 13.1 Å². The molecule has 0 aliphatic carbocycles. The van der Waals surface area contributed by atoms with Gasteiger partial charge in [0.1, 0.15) is 5.82 Å². The number of pyridine rings is 2. The lowest BCUT2D eigenvalue weighted by molar-refractivity contribution is 0.00490. The van der Waals surface area contributed by atoms with E-state index in [1.807, 2.05) is 0 Å². The summed E-state index contributed by atoms with van der Waals surface area (Å²) in [5, 5.41) is 0.455. The van der Waals surface area contributed by atoms with Crippen LogP contribution >= 0.6 is 11.6 Å². The molecule has 1 aromatic carbocycles. The second-order valence-corrected chi connectivity index (χ2v) is 7.71. The van der Waals surface area contributed by atoms with E-state index in [-0.39, 0.29) is 11.8 Å². The second kappa shape index (κ2) is 6.88. The predicted octanol–water partition coefficient (Wildman–Crippen LogP) is 3.28. The highest BCUT2D eigenvalue weighted by Gasteiger charge is 2.57. The minimum atomic E-state index is -1.13. The van der Waals surface area contributed by atoms with Gasteiger partial charge in [-0.15, -0.1) is 0 Å². The zero-order chi connectivity index (χ0) is 20.9. The maximum Gasteiger partial charge on any atom is 0.257 e. The molecule has 5 rings (SSSR count). The highest BCUT2D eigenvalue weighted by Crippen LogP contribution is 2.44. The summed E-state index contributed by atoms with van der Waals surface area (Å²) in [5.74, 6) is -0.924. The summed E-state index contributed by atoms with van der Waals surface area (Å²) in [6.45, 7) is 0.671. The third kappa shape index (κ3) is 2.69. The summed E-state index contributed by atoms with van der Waals surface area (Å²) in [4.78, 5) is 39.0. The van der Waals surface area contributed by atoms with Gasteiger partial charge in [-0.3, -0.25) is 19.6 Å². The van der Waals surface area contributed by atoms with Crippen LogP contribution in [0.5, 0.6) is 0 Å². The molecule has 150 valence electrons. The van der Waals surface area contributed by atoms with Crippen LogP contribution in [0.4, 0.5) is 4.39 Å².